The Labute approximate surface area is 226 Å². The first-order valence-electron chi connectivity index (χ1n) is 11.9. The van der Waals surface area contributed by atoms with Crippen LogP contribution in [-0.4, -0.2) is 36.7 Å². The van der Waals surface area contributed by atoms with Gasteiger partial charge in [0, 0.05) is 28.6 Å². The van der Waals surface area contributed by atoms with Crippen molar-refractivity contribution in [3.8, 4) is 5.69 Å². The summed E-state index contributed by atoms with van der Waals surface area (Å²) in [4.78, 5) is 29.0. The predicted octanol–water partition coefficient (Wildman–Crippen LogP) is 5.09. The van der Waals surface area contributed by atoms with Crippen molar-refractivity contribution < 1.29 is 4.79 Å². The molecule has 0 radical (unpaired) electrons. The lowest BCUT2D eigenvalue weighted by atomic mass is 10.0. The molecule has 0 fully saturated rings. The van der Waals surface area contributed by atoms with Crippen LogP contribution in [0.3, 0.4) is 0 Å². The van der Waals surface area contributed by atoms with Gasteiger partial charge >= 0.3 is 0 Å². The number of hydrogen-bond acceptors (Lipinski definition) is 4. The number of amides is 1. The van der Waals surface area contributed by atoms with Crippen molar-refractivity contribution in [2.45, 2.75) is 19.4 Å². The largest absolute Gasteiger partial charge is 0.332 e. The molecular weight excluding hydrogens is 554 g/mol. The Morgan fingerprint density at radius 2 is 1.73 bits per heavy atom. The Bertz CT molecular complexity index is 1700. The van der Waals surface area contributed by atoms with Gasteiger partial charge in [-0.25, -0.2) is 0 Å². The van der Waals surface area contributed by atoms with E-state index in [9.17, 15) is 9.59 Å². The minimum Gasteiger partial charge on any atom is -0.332 e. The molecule has 3 aromatic carbocycles. The summed E-state index contributed by atoms with van der Waals surface area (Å²) in [6.07, 6.45) is 0.941. The van der Waals surface area contributed by atoms with Crippen molar-refractivity contribution in [3.63, 3.8) is 0 Å². The summed E-state index contributed by atoms with van der Waals surface area (Å²) in [7, 11) is 0. The van der Waals surface area contributed by atoms with Gasteiger partial charge in [-0.05, 0) is 58.2 Å². The van der Waals surface area contributed by atoms with Gasteiger partial charge in [0.15, 0.2) is 5.65 Å². The van der Waals surface area contributed by atoms with Crippen LogP contribution in [-0.2, 0) is 19.4 Å². The summed E-state index contributed by atoms with van der Waals surface area (Å²) < 4.78 is 4.16. The molecule has 1 aliphatic heterocycles. The molecule has 0 atom stereocenters. The van der Waals surface area contributed by atoms with Crippen LogP contribution in [0.2, 0.25) is 5.02 Å². The molecule has 0 N–H and O–H groups in total. The van der Waals surface area contributed by atoms with Crippen molar-refractivity contribution in [1.82, 2.24) is 24.3 Å². The van der Waals surface area contributed by atoms with Crippen molar-refractivity contribution in [2.24, 2.45) is 0 Å². The molecule has 0 saturated carbocycles. The second kappa shape index (κ2) is 9.61. The molecule has 9 heteroatoms. The average Bonchev–Trinajstić information content (AvgIpc) is 3.34. The van der Waals surface area contributed by atoms with Gasteiger partial charge in [0.05, 0.1) is 22.9 Å². The van der Waals surface area contributed by atoms with Crippen LogP contribution >= 0.6 is 27.5 Å². The minimum atomic E-state index is -0.148. The monoisotopic (exact) mass is 573 g/mol. The molecule has 1 amide bonds. The van der Waals surface area contributed by atoms with Gasteiger partial charge in [0.25, 0.3) is 11.5 Å². The molecule has 0 saturated heterocycles. The van der Waals surface area contributed by atoms with Crippen molar-refractivity contribution in [3.05, 3.63) is 127 Å². The molecule has 1 aliphatic rings. The number of carbonyl (C=O) groups excluding carboxylic acids is 1. The molecule has 7 nitrogen and oxygen atoms in total. The van der Waals surface area contributed by atoms with Crippen molar-refractivity contribution in [1.29, 1.82) is 0 Å². The van der Waals surface area contributed by atoms with Crippen molar-refractivity contribution >= 4 is 39.1 Å². The van der Waals surface area contributed by atoms with Crippen molar-refractivity contribution in [2.75, 3.05) is 6.54 Å². The number of benzene rings is 3. The zero-order valence-electron chi connectivity index (χ0n) is 19.6. The van der Waals surface area contributed by atoms with E-state index in [-0.39, 0.29) is 18.0 Å². The highest BCUT2D eigenvalue weighted by Gasteiger charge is 2.29. The third kappa shape index (κ3) is 4.26. The second-order valence-corrected chi connectivity index (χ2v) is 10.2. The Kier molecular flexibility index (Phi) is 6.14. The van der Waals surface area contributed by atoms with E-state index in [1.54, 1.807) is 32.2 Å². The molecule has 184 valence electrons. The highest BCUT2D eigenvalue weighted by molar-refractivity contribution is 9.10. The number of fused-ring (bicyclic) bond motifs is 3. The number of hydrogen-bond donors (Lipinski definition) is 0. The first-order valence-corrected chi connectivity index (χ1v) is 13.0. The van der Waals surface area contributed by atoms with Crippen LogP contribution in [0.25, 0.3) is 11.3 Å². The molecule has 2 aromatic heterocycles. The lowest BCUT2D eigenvalue weighted by molar-refractivity contribution is 0.0729. The van der Waals surface area contributed by atoms with Gasteiger partial charge in [-0.15, -0.1) is 5.10 Å². The van der Waals surface area contributed by atoms with Crippen LogP contribution in [0, 0.1) is 0 Å². The van der Waals surface area contributed by atoms with Crippen LogP contribution < -0.4 is 5.56 Å². The van der Waals surface area contributed by atoms with E-state index in [4.69, 9.17) is 11.6 Å². The van der Waals surface area contributed by atoms with E-state index in [1.165, 1.54) is 0 Å². The predicted molar refractivity (Wildman–Crippen MR) is 145 cm³/mol. The third-order valence-electron chi connectivity index (χ3n) is 6.65. The topological polar surface area (TPSA) is 72.5 Å². The fourth-order valence-corrected chi connectivity index (χ4v) is 5.25. The van der Waals surface area contributed by atoms with E-state index in [0.29, 0.717) is 52.6 Å². The fraction of sp³-hybridized carbons (Fsp3) is 0.143. The Hall–Kier alpha value is -3.75. The third-order valence-corrected chi connectivity index (χ3v) is 7.88. The zero-order chi connectivity index (χ0) is 25.5. The maximum Gasteiger partial charge on any atom is 0.261 e. The van der Waals surface area contributed by atoms with Gasteiger partial charge < -0.3 is 4.90 Å². The molecule has 0 unspecified atom stereocenters. The van der Waals surface area contributed by atoms with Gasteiger partial charge in [0.1, 0.15) is 5.69 Å². The minimum absolute atomic E-state index is 0.107. The van der Waals surface area contributed by atoms with Gasteiger partial charge in [0.2, 0.25) is 0 Å². The lowest BCUT2D eigenvalue weighted by Crippen LogP contribution is -2.41. The van der Waals surface area contributed by atoms with Gasteiger partial charge in [-0.3, -0.25) is 14.2 Å². The number of carbonyl (C=O) groups is 1. The van der Waals surface area contributed by atoms with Gasteiger partial charge in [-0.1, -0.05) is 65.3 Å². The number of rotatable bonds is 4. The zero-order valence-corrected chi connectivity index (χ0v) is 22.0. The smallest absolute Gasteiger partial charge is 0.261 e. The molecule has 0 spiro atoms. The van der Waals surface area contributed by atoms with E-state index in [1.807, 2.05) is 60.7 Å². The summed E-state index contributed by atoms with van der Waals surface area (Å²) in [6, 6.07) is 24.7. The van der Waals surface area contributed by atoms with E-state index < -0.39 is 0 Å². The molecule has 6 rings (SSSR count). The van der Waals surface area contributed by atoms with E-state index >= 15 is 0 Å². The highest BCUT2D eigenvalue weighted by atomic mass is 79.9. The summed E-state index contributed by atoms with van der Waals surface area (Å²) in [6.45, 7) is 0.665. The number of halogens is 2. The van der Waals surface area contributed by atoms with Crippen LogP contribution in [0.5, 0.6) is 0 Å². The van der Waals surface area contributed by atoms with E-state index in [2.05, 4.69) is 26.2 Å². The first kappa shape index (κ1) is 23.6. The van der Waals surface area contributed by atoms with Gasteiger partial charge in [-0.2, -0.15) is 4.52 Å². The standard InChI is InChI=1S/C28H21BrClN5O2/c29-22-12-11-19(16-23(22)30)27(36)33-14-13-21-25(17-33)35-26(34(28(21)37)20-9-5-2-6-10-20)24(31-32-35)15-18-7-3-1-4-8-18/h1-12,16H,13-15,17H2. The normalized spacial score (nSPS) is 13.1. The number of para-hydroxylation sites is 1. The quantitative estimate of drug-likeness (QED) is 0.300. The van der Waals surface area contributed by atoms with Crippen LogP contribution in [0.1, 0.15) is 32.9 Å². The highest BCUT2D eigenvalue weighted by Crippen LogP contribution is 2.27. The molecule has 0 aliphatic carbocycles. The maximum atomic E-state index is 13.9. The fourth-order valence-electron chi connectivity index (χ4n) is 4.82. The van der Waals surface area contributed by atoms with Crippen LogP contribution in [0.4, 0.5) is 0 Å². The summed E-state index contributed by atoms with van der Waals surface area (Å²) in [5, 5.41) is 9.46. The molecule has 37 heavy (non-hydrogen) atoms. The summed E-state index contributed by atoms with van der Waals surface area (Å²) in [5.41, 5.74) is 4.83. The SMILES string of the molecule is O=C(c1ccc(Br)c(Cl)c1)N1CCc2c(n3nnc(Cc4ccccc4)c3n(-c3ccccc3)c2=O)C1. The molecular formula is C28H21BrClN5O2. The maximum absolute atomic E-state index is 13.9. The first-order chi connectivity index (χ1) is 18.0. The average molecular weight is 575 g/mol. The lowest BCUT2D eigenvalue weighted by Gasteiger charge is -2.29. The second-order valence-electron chi connectivity index (χ2n) is 8.94. The number of nitrogens with zero attached hydrogens (tertiary/aromatic N) is 5. The van der Waals surface area contributed by atoms with E-state index in [0.717, 1.165) is 15.7 Å². The van der Waals surface area contributed by atoms with Crippen LogP contribution in [0.15, 0.2) is 88.1 Å². The Morgan fingerprint density at radius 3 is 2.46 bits per heavy atom. The Morgan fingerprint density at radius 1 is 1.00 bits per heavy atom. The summed E-state index contributed by atoms with van der Waals surface area (Å²) in [5.74, 6) is -0.148. The molecule has 3 heterocycles. The Balaban J connectivity index is 1.49. The summed E-state index contributed by atoms with van der Waals surface area (Å²) >= 11 is 9.61. The number of aromatic nitrogens is 4. The molecule has 5 aromatic rings. The molecule has 0 bridgehead atoms.